The molecule has 1 aromatic rings. The average molecular weight is 377 g/mol. The lowest BCUT2D eigenvalue weighted by molar-refractivity contribution is 0.0730. The molecule has 1 heterocycles. The van der Waals surface area contributed by atoms with E-state index in [2.05, 4.69) is 4.72 Å². The lowest BCUT2D eigenvalue weighted by Crippen LogP contribution is -2.44. The maximum absolute atomic E-state index is 12.1. The van der Waals surface area contributed by atoms with Crippen molar-refractivity contribution in [3.63, 3.8) is 0 Å². The minimum absolute atomic E-state index is 0.0144. The smallest absolute Gasteiger partial charge is 0.215 e. The first-order chi connectivity index (χ1) is 11.4. The minimum Gasteiger partial charge on any atom is -0.379 e. The fourth-order valence-corrected chi connectivity index (χ4v) is 5.00. The molecular weight excluding hydrogens is 352 g/mol. The van der Waals surface area contributed by atoms with Crippen molar-refractivity contribution >= 4 is 20.0 Å². The number of hydrogen-bond acceptors (Lipinski definition) is 5. The summed E-state index contributed by atoms with van der Waals surface area (Å²) in [7, 11) is -6.91. The Balaban J connectivity index is 1.72. The monoisotopic (exact) mass is 376 g/mol. The van der Waals surface area contributed by atoms with E-state index >= 15 is 0 Å². The van der Waals surface area contributed by atoms with Crippen molar-refractivity contribution in [1.29, 1.82) is 0 Å². The van der Waals surface area contributed by atoms with Gasteiger partial charge in [-0.1, -0.05) is 30.3 Å². The highest BCUT2D eigenvalue weighted by atomic mass is 32.2. The average Bonchev–Trinajstić information content (AvgIpc) is 2.56. The molecule has 1 fully saturated rings. The molecule has 1 N–H and O–H groups in total. The van der Waals surface area contributed by atoms with Gasteiger partial charge in [-0.25, -0.2) is 21.6 Å². The van der Waals surface area contributed by atoms with Crippen LogP contribution in [-0.2, 0) is 31.2 Å². The second-order valence-corrected chi connectivity index (χ2v) is 9.64. The Hall–Kier alpha value is -1.00. The van der Waals surface area contributed by atoms with Gasteiger partial charge in [0.05, 0.1) is 24.7 Å². The van der Waals surface area contributed by atoms with Gasteiger partial charge in [-0.15, -0.1) is 0 Å². The third-order valence-corrected chi connectivity index (χ3v) is 7.11. The Labute approximate surface area is 144 Å². The van der Waals surface area contributed by atoms with Crippen LogP contribution in [0.2, 0.25) is 0 Å². The predicted octanol–water partition coefficient (Wildman–Crippen LogP) is 0.201. The molecule has 0 bridgehead atoms. The van der Waals surface area contributed by atoms with Crippen LogP contribution in [0.4, 0.5) is 0 Å². The number of nitrogens with one attached hydrogen (secondary N) is 1. The number of nitrogens with zero attached hydrogens (tertiary/aromatic N) is 1. The summed E-state index contributed by atoms with van der Waals surface area (Å²) < 4.78 is 56.9. The molecule has 7 nitrogen and oxygen atoms in total. The summed E-state index contributed by atoms with van der Waals surface area (Å²) in [4.78, 5) is 0. The predicted molar refractivity (Wildman–Crippen MR) is 92.7 cm³/mol. The van der Waals surface area contributed by atoms with Crippen molar-refractivity contribution in [2.24, 2.45) is 0 Å². The largest absolute Gasteiger partial charge is 0.379 e. The van der Waals surface area contributed by atoms with Crippen LogP contribution in [0.15, 0.2) is 30.3 Å². The molecular formula is C15H24N2O5S2. The lowest BCUT2D eigenvalue weighted by Gasteiger charge is -2.26. The normalized spacial score (nSPS) is 17.0. The van der Waals surface area contributed by atoms with Gasteiger partial charge < -0.3 is 4.74 Å². The van der Waals surface area contributed by atoms with Gasteiger partial charge in [0, 0.05) is 19.6 Å². The molecule has 24 heavy (non-hydrogen) atoms. The van der Waals surface area contributed by atoms with E-state index in [9.17, 15) is 16.8 Å². The highest BCUT2D eigenvalue weighted by Crippen LogP contribution is 2.06. The first-order valence-electron chi connectivity index (χ1n) is 7.96. The van der Waals surface area contributed by atoms with Gasteiger partial charge in [-0.3, -0.25) is 0 Å². The molecule has 0 atom stereocenters. The fraction of sp³-hybridized carbons (Fsp3) is 0.600. The molecule has 2 rings (SSSR count). The number of hydrogen-bond donors (Lipinski definition) is 1. The number of sulfonamides is 2. The highest BCUT2D eigenvalue weighted by Gasteiger charge is 2.24. The number of aryl methyl sites for hydroxylation is 1. The summed E-state index contributed by atoms with van der Waals surface area (Å²) in [6, 6.07) is 9.65. The molecule has 0 unspecified atom stereocenters. The van der Waals surface area contributed by atoms with E-state index < -0.39 is 20.0 Å². The minimum atomic E-state index is -3.46. The molecule has 0 radical (unpaired) electrons. The van der Waals surface area contributed by atoms with Crippen LogP contribution < -0.4 is 4.72 Å². The summed E-state index contributed by atoms with van der Waals surface area (Å²) in [6.45, 7) is 1.31. The molecule has 1 aromatic carbocycles. The van der Waals surface area contributed by atoms with Crippen molar-refractivity contribution in [3.05, 3.63) is 35.9 Å². The van der Waals surface area contributed by atoms with Gasteiger partial charge in [0.25, 0.3) is 0 Å². The van der Waals surface area contributed by atoms with Crippen LogP contribution in [0.5, 0.6) is 0 Å². The second kappa shape index (κ2) is 8.91. The zero-order chi connectivity index (χ0) is 17.5. The molecule has 1 aliphatic rings. The Morgan fingerprint density at radius 2 is 1.67 bits per heavy atom. The molecule has 1 saturated heterocycles. The van der Waals surface area contributed by atoms with Gasteiger partial charge in [0.15, 0.2) is 0 Å². The van der Waals surface area contributed by atoms with E-state index in [0.29, 0.717) is 39.1 Å². The molecule has 0 saturated carbocycles. The van der Waals surface area contributed by atoms with Crippen LogP contribution in [0.3, 0.4) is 0 Å². The van der Waals surface area contributed by atoms with Crippen molar-refractivity contribution < 1.29 is 21.6 Å². The van der Waals surface area contributed by atoms with Crippen molar-refractivity contribution in [3.8, 4) is 0 Å². The first kappa shape index (κ1) is 19.3. The zero-order valence-electron chi connectivity index (χ0n) is 13.6. The molecule has 1 aliphatic heterocycles. The van der Waals surface area contributed by atoms with E-state index in [0.717, 1.165) is 5.56 Å². The summed E-state index contributed by atoms with van der Waals surface area (Å²) in [5.41, 5.74) is 1.09. The molecule has 0 aliphatic carbocycles. The quantitative estimate of drug-likeness (QED) is 0.665. The maximum atomic E-state index is 12.1. The molecule has 0 spiro atoms. The second-order valence-electron chi connectivity index (χ2n) is 5.63. The maximum Gasteiger partial charge on any atom is 0.215 e. The van der Waals surface area contributed by atoms with E-state index in [1.54, 1.807) is 0 Å². The Kier molecular flexibility index (Phi) is 7.17. The van der Waals surface area contributed by atoms with Crippen molar-refractivity contribution in [1.82, 2.24) is 9.03 Å². The van der Waals surface area contributed by atoms with E-state index in [-0.39, 0.29) is 18.1 Å². The standard InChI is InChI=1S/C15H24N2O5S2/c18-23(19,13-4-7-15-5-2-1-3-6-15)16-8-14-24(20,21)17-9-11-22-12-10-17/h1-3,5-6,16H,4,7-14H2. The van der Waals surface area contributed by atoms with Gasteiger partial charge in [-0.2, -0.15) is 4.31 Å². The van der Waals surface area contributed by atoms with Gasteiger partial charge >= 0.3 is 0 Å². The number of morpholine rings is 1. The van der Waals surface area contributed by atoms with Crippen LogP contribution in [0.25, 0.3) is 0 Å². The molecule has 9 heteroatoms. The van der Waals surface area contributed by atoms with Crippen LogP contribution in [0, 0.1) is 0 Å². The Morgan fingerprint density at radius 3 is 2.33 bits per heavy atom. The molecule has 0 amide bonds. The van der Waals surface area contributed by atoms with Crippen LogP contribution in [-0.4, -0.2) is 65.5 Å². The lowest BCUT2D eigenvalue weighted by atomic mass is 10.1. The highest BCUT2D eigenvalue weighted by molar-refractivity contribution is 7.90. The van der Waals surface area contributed by atoms with Crippen LogP contribution in [0.1, 0.15) is 12.0 Å². The van der Waals surface area contributed by atoms with E-state index in [1.807, 2.05) is 30.3 Å². The third-order valence-electron chi connectivity index (χ3n) is 3.77. The number of rotatable bonds is 9. The number of benzene rings is 1. The van der Waals surface area contributed by atoms with Crippen molar-refractivity contribution in [2.75, 3.05) is 44.4 Å². The summed E-state index contributed by atoms with van der Waals surface area (Å²) in [5, 5.41) is 0. The summed E-state index contributed by atoms with van der Waals surface area (Å²) >= 11 is 0. The van der Waals surface area contributed by atoms with Crippen LogP contribution >= 0.6 is 0 Å². The summed E-state index contributed by atoms with van der Waals surface area (Å²) in [6.07, 6.45) is 1.17. The molecule has 136 valence electrons. The Bertz CT molecular complexity index is 699. The first-order valence-corrected chi connectivity index (χ1v) is 11.2. The van der Waals surface area contributed by atoms with Gasteiger partial charge in [0.1, 0.15) is 0 Å². The Morgan fingerprint density at radius 1 is 1.00 bits per heavy atom. The SMILES string of the molecule is O=S(=O)(CCCc1ccccc1)NCCS(=O)(=O)N1CCOCC1. The fourth-order valence-electron chi connectivity index (χ4n) is 2.46. The number of ether oxygens (including phenoxy) is 1. The van der Waals surface area contributed by atoms with Gasteiger partial charge in [-0.05, 0) is 18.4 Å². The van der Waals surface area contributed by atoms with Gasteiger partial charge in [0.2, 0.25) is 20.0 Å². The van der Waals surface area contributed by atoms with E-state index in [1.165, 1.54) is 4.31 Å². The van der Waals surface area contributed by atoms with E-state index in [4.69, 9.17) is 4.74 Å². The zero-order valence-corrected chi connectivity index (χ0v) is 15.2. The molecule has 0 aromatic heterocycles. The van der Waals surface area contributed by atoms with Crippen molar-refractivity contribution in [2.45, 2.75) is 12.8 Å². The summed E-state index contributed by atoms with van der Waals surface area (Å²) in [5.74, 6) is -0.246. The third kappa shape index (κ3) is 6.48. The topological polar surface area (TPSA) is 92.8 Å².